The Morgan fingerprint density at radius 2 is 2.11 bits per heavy atom. The Morgan fingerprint density at radius 1 is 1.29 bits per heavy atom. The van der Waals surface area contributed by atoms with Crippen molar-refractivity contribution in [2.24, 2.45) is 5.10 Å². The first-order valence-corrected chi connectivity index (χ1v) is 8.83. The molecule has 0 aliphatic rings. The first kappa shape index (κ1) is 19.1. The Labute approximate surface area is 160 Å². The maximum Gasteiger partial charge on any atom is 0.270 e. The van der Waals surface area contributed by atoms with Crippen molar-refractivity contribution in [2.45, 2.75) is 19.8 Å². The van der Waals surface area contributed by atoms with Crippen LogP contribution in [0.4, 0.5) is 0 Å². The zero-order chi connectivity index (χ0) is 19.9. The van der Waals surface area contributed by atoms with Crippen molar-refractivity contribution in [3.8, 4) is 11.5 Å². The number of nitrogens with one attached hydrogen (secondary N) is 2. The molecule has 0 spiro atoms. The lowest BCUT2D eigenvalue weighted by Gasteiger charge is -2.07. The summed E-state index contributed by atoms with van der Waals surface area (Å²) in [6.07, 6.45) is 1.57. The van der Waals surface area contributed by atoms with Crippen LogP contribution in [-0.4, -0.2) is 33.8 Å². The molecule has 0 radical (unpaired) electrons. The van der Waals surface area contributed by atoms with Gasteiger partial charge in [0.05, 0.1) is 23.9 Å². The van der Waals surface area contributed by atoms with Crippen LogP contribution in [0.5, 0.6) is 11.5 Å². The van der Waals surface area contributed by atoms with Crippen molar-refractivity contribution in [2.75, 3.05) is 6.61 Å². The molecule has 0 bridgehead atoms. The highest BCUT2D eigenvalue weighted by molar-refractivity contribution is 5.86. The number of fused-ring (bicyclic) bond motifs is 1. The maximum absolute atomic E-state index is 12.0. The number of ether oxygens (including phenoxy) is 1. The normalized spacial score (nSPS) is 11.0. The quantitative estimate of drug-likeness (QED) is 0.429. The monoisotopic (exact) mass is 380 g/mol. The van der Waals surface area contributed by atoms with E-state index in [4.69, 9.17) is 4.74 Å². The van der Waals surface area contributed by atoms with E-state index in [1.807, 2.05) is 19.1 Å². The fourth-order valence-corrected chi connectivity index (χ4v) is 2.61. The lowest BCUT2D eigenvalue weighted by atomic mass is 10.2. The molecule has 0 aliphatic heterocycles. The highest BCUT2D eigenvalue weighted by atomic mass is 16.5. The Balaban J connectivity index is 1.59. The lowest BCUT2D eigenvalue weighted by molar-refractivity contribution is -0.121. The molecule has 1 aromatic heterocycles. The number of aryl methyl sites for hydroxylation is 1. The number of hydrogen-bond acceptors (Lipinski definition) is 6. The minimum absolute atomic E-state index is 0.0470. The fourth-order valence-electron chi connectivity index (χ4n) is 2.61. The summed E-state index contributed by atoms with van der Waals surface area (Å²) < 4.78 is 5.30. The van der Waals surface area contributed by atoms with Gasteiger partial charge in [0.15, 0.2) is 11.5 Å². The summed E-state index contributed by atoms with van der Waals surface area (Å²) in [4.78, 5) is 31.1. The van der Waals surface area contributed by atoms with Crippen LogP contribution in [-0.2, 0) is 11.2 Å². The van der Waals surface area contributed by atoms with Crippen LogP contribution < -0.4 is 15.7 Å². The number of aromatic amines is 1. The Morgan fingerprint density at radius 3 is 2.93 bits per heavy atom. The predicted molar refractivity (Wildman–Crippen MR) is 106 cm³/mol. The van der Waals surface area contributed by atoms with Gasteiger partial charge in [-0.2, -0.15) is 5.10 Å². The van der Waals surface area contributed by atoms with Gasteiger partial charge in [0.1, 0.15) is 5.69 Å². The van der Waals surface area contributed by atoms with E-state index < -0.39 is 0 Å². The van der Waals surface area contributed by atoms with E-state index in [9.17, 15) is 14.7 Å². The van der Waals surface area contributed by atoms with E-state index in [2.05, 4.69) is 20.5 Å². The van der Waals surface area contributed by atoms with Crippen LogP contribution in [0.2, 0.25) is 0 Å². The molecule has 3 rings (SSSR count). The van der Waals surface area contributed by atoms with Crippen LogP contribution >= 0.6 is 0 Å². The third-order valence-electron chi connectivity index (χ3n) is 3.98. The van der Waals surface area contributed by atoms with E-state index >= 15 is 0 Å². The van der Waals surface area contributed by atoms with E-state index in [1.54, 1.807) is 30.3 Å². The number of hydrogen-bond donors (Lipinski definition) is 3. The fraction of sp³-hybridized carbons (Fsp3) is 0.200. The standard InChI is InChI=1S/C20H20N4O4/c1-2-28-17-9-5-6-13(19(17)26)12-21-24-18(25)11-10-16-20(27)23-15-8-4-3-7-14(15)22-16/h3-9,12,26H,2,10-11H2,1H3,(H,23,27)(H,24,25)/b21-12-. The molecule has 28 heavy (non-hydrogen) atoms. The third-order valence-corrected chi connectivity index (χ3v) is 3.98. The highest BCUT2D eigenvalue weighted by Crippen LogP contribution is 2.28. The smallest absolute Gasteiger partial charge is 0.270 e. The second-order valence-electron chi connectivity index (χ2n) is 5.95. The van der Waals surface area contributed by atoms with Crippen LogP contribution in [0.25, 0.3) is 11.0 Å². The molecule has 3 aromatic rings. The molecule has 0 saturated carbocycles. The van der Waals surface area contributed by atoms with Gasteiger partial charge in [-0.05, 0) is 31.2 Å². The topological polar surface area (TPSA) is 117 Å². The Hall–Kier alpha value is -3.68. The largest absolute Gasteiger partial charge is 0.504 e. The molecular formula is C20H20N4O4. The average molecular weight is 380 g/mol. The second-order valence-corrected chi connectivity index (χ2v) is 5.95. The number of benzene rings is 2. The number of nitrogens with zero attached hydrogens (tertiary/aromatic N) is 2. The molecule has 0 atom stereocenters. The summed E-state index contributed by atoms with van der Waals surface area (Å²) >= 11 is 0. The van der Waals surface area contributed by atoms with Crippen LogP contribution in [0, 0.1) is 0 Å². The number of H-pyrrole nitrogens is 1. The number of carbonyl (C=O) groups is 1. The number of hydrazone groups is 1. The predicted octanol–water partition coefficient (Wildman–Crippen LogP) is 2.11. The number of carbonyl (C=O) groups excluding carboxylic acids is 1. The first-order valence-electron chi connectivity index (χ1n) is 8.83. The van der Waals surface area contributed by atoms with Crippen molar-refractivity contribution in [1.82, 2.24) is 15.4 Å². The van der Waals surface area contributed by atoms with Crippen molar-refractivity contribution < 1.29 is 14.6 Å². The van der Waals surface area contributed by atoms with Gasteiger partial charge in [-0.3, -0.25) is 9.59 Å². The third kappa shape index (κ3) is 4.53. The number of rotatable bonds is 7. The van der Waals surface area contributed by atoms with Crippen molar-refractivity contribution in [3.63, 3.8) is 0 Å². The molecule has 0 fully saturated rings. The summed E-state index contributed by atoms with van der Waals surface area (Å²) in [6, 6.07) is 12.2. The van der Waals surface area contributed by atoms with Gasteiger partial charge in [-0.1, -0.05) is 18.2 Å². The second kappa shape index (κ2) is 8.81. The van der Waals surface area contributed by atoms with Gasteiger partial charge in [-0.15, -0.1) is 0 Å². The van der Waals surface area contributed by atoms with Crippen molar-refractivity contribution >= 4 is 23.2 Å². The molecule has 0 aliphatic carbocycles. The summed E-state index contributed by atoms with van der Waals surface area (Å²) in [6.45, 7) is 2.24. The summed E-state index contributed by atoms with van der Waals surface area (Å²) in [5, 5.41) is 13.9. The van der Waals surface area contributed by atoms with Gasteiger partial charge in [0.2, 0.25) is 5.91 Å². The van der Waals surface area contributed by atoms with Crippen LogP contribution in [0.15, 0.2) is 52.4 Å². The van der Waals surface area contributed by atoms with Crippen LogP contribution in [0.1, 0.15) is 24.6 Å². The Bertz CT molecular complexity index is 1080. The maximum atomic E-state index is 12.0. The van der Waals surface area contributed by atoms with Gasteiger partial charge in [-0.25, -0.2) is 10.4 Å². The minimum Gasteiger partial charge on any atom is -0.504 e. The first-order chi connectivity index (χ1) is 13.6. The lowest BCUT2D eigenvalue weighted by Crippen LogP contribution is -2.21. The summed E-state index contributed by atoms with van der Waals surface area (Å²) in [5.74, 6) is -0.0697. The molecule has 0 saturated heterocycles. The van der Waals surface area contributed by atoms with Crippen molar-refractivity contribution in [3.05, 3.63) is 64.1 Å². The molecule has 3 N–H and O–H groups in total. The molecule has 2 aromatic carbocycles. The molecule has 8 heteroatoms. The molecule has 8 nitrogen and oxygen atoms in total. The summed E-state index contributed by atoms with van der Waals surface area (Å²) in [7, 11) is 0. The van der Waals surface area contributed by atoms with E-state index in [0.29, 0.717) is 34.6 Å². The SMILES string of the molecule is CCOc1cccc(/C=N\NC(=O)CCc2nc3ccccc3[nH]c2=O)c1O. The number of phenols is 1. The van der Waals surface area contributed by atoms with E-state index in [-0.39, 0.29) is 30.1 Å². The molecule has 0 unspecified atom stereocenters. The molecule has 1 amide bonds. The van der Waals surface area contributed by atoms with E-state index in [0.717, 1.165) is 0 Å². The number of aromatic hydroxyl groups is 1. The zero-order valence-corrected chi connectivity index (χ0v) is 15.3. The minimum atomic E-state index is -0.369. The molecule has 1 heterocycles. The Kier molecular flexibility index (Phi) is 6.01. The van der Waals surface area contributed by atoms with Gasteiger partial charge >= 0.3 is 0 Å². The average Bonchev–Trinajstić information content (AvgIpc) is 2.69. The van der Waals surface area contributed by atoms with E-state index in [1.165, 1.54) is 6.21 Å². The van der Waals surface area contributed by atoms with Gasteiger partial charge in [0.25, 0.3) is 5.56 Å². The molecular weight excluding hydrogens is 360 g/mol. The highest BCUT2D eigenvalue weighted by Gasteiger charge is 2.09. The molecule has 144 valence electrons. The number of para-hydroxylation sites is 3. The van der Waals surface area contributed by atoms with Gasteiger partial charge < -0.3 is 14.8 Å². The van der Waals surface area contributed by atoms with Crippen LogP contribution in [0.3, 0.4) is 0 Å². The van der Waals surface area contributed by atoms with Crippen molar-refractivity contribution in [1.29, 1.82) is 0 Å². The van der Waals surface area contributed by atoms with Gasteiger partial charge in [0, 0.05) is 18.4 Å². The summed E-state index contributed by atoms with van der Waals surface area (Å²) in [5.41, 5.74) is 4.09. The number of aromatic nitrogens is 2. The zero-order valence-electron chi connectivity index (χ0n) is 15.3. The number of amides is 1. The number of phenolic OH excluding ortho intramolecular Hbond substituents is 1.